The molecule has 0 amide bonds. The van der Waals surface area contributed by atoms with Gasteiger partial charge in [0, 0.05) is 0 Å². The lowest BCUT2D eigenvalue weighted by Crippen LogP contribution is -2.05. The third-order valence-electron chi connectivity index (χ3n) is 2.45. The fourth-order valence-electron chi connectivity index (χ4n) is 1.74. The first-order chi connectivity index (χ1) is 8.01. The Morgan fingerprint density at radius 2 is 1.82 bits per heavy atom. The summed E-state index contributed by atoms with van der Waals surface area (Å²) in [6.45, 7) is 13.4. The average molecular weight is 232 g/mol. The number of rotatable bonds is 6. The van der Waals surface area contributed by atoms with Gasteiger partial charge in [-0.2, -0.15) is 0 Å². The lowest BCUT2D eigenvalue weighted by molar-refractivity contribution is 0.270. The van der Waals surface area contributed by atoms with Crippen molar-refractivity contribution in [3.63, 3.8) is 0 Å². The van der Waals surface area contributed by atoms with Crippen molar-refractivity contribution in [2.24, 2.45) is 11.8 Å². The molecule has 17 heavy (non-hydrogen) atoms. The molecule has 0 N–H and O–H groups in total. The van der Waals surface area contributed by atoms with Crippen LogP contribution in [0.15, 0.2) is 24.8 Å². The molecule has 94 valence electrons. The van der Waals surface area contributed by atoms with Crippen molar-refractivity contribution < 1.29 is 4.74 Å². The Hall–Kier alpha value is -1.24. The Kier molecular flexibility index (Phi) is 5.27. The van der Waals surface area contributed by atoms with Crippen molar-refractivity contribution >= 4 is 6.08 Å². The van der Waals surface area contributed by atoms with E-state index in [0.29, 0.717) is 11.8 Å². The lowest BCUT2D eigenvalue weighted by Gasteiger charge is -2.12. The summed E-state index contributed by atoms with van der Waals surface area (Å²) in [5, 5.41) is 0. The van der Waals surface area contributed by atoms with E-state index < -0.39 is 0 Å². The Bertz CT molecular complexity index is 364. The summed E-state index contributed by atoms with van der Waals surface area (Å²) in [6.07, 6.45) is 2.96. The highest BCUT2D eigenvalue weighted by molar-refractivity contribution is 5.51. The van der Waals surface area contributed by atoms with Gasteiger partial charge in [0.25, 0.3) is 0 Å². The van der Waals surface area contributed by atoms with E-state index in [1.807, 2.05) is 6.08 Å². The van der Waals surface area contributed by atoms with Gasteiger partial charge in [0.05, 0.1) is 6.61 Å². The van der Waals surface area contributed by atoms with Gasteiger partial charge in [-0.05, 0) is 41.5 Å². The number of hydrogen-bond acceptors (Lipinski definition) is 1. The fraction of sp³-hybridized carbons (Fsp3) is 0.500. The minimum atomic E-state index is 0.552. The minimum Gasteiger partial charge on any atom is -0.493 e. The number of hydrogen-bond donors (Lipinski definition) is 0. The Morgan fingerprint density at radius 1 is 1.12 bits per heavy atom. The molecule has 0 saturated carbocycles. The van der Waals surface area contributed by atoms with Crippen LogP contribution in [0.3, 0.4) is 0 Å². The van der Waals surface area contributed by atoms with Crippen LogP contribution in [-0.2, 0) is 6.42 Å². The van der Waals surface area contributed by atoms with Gasteiger partial charge < -0.3 is 4.74 Å². The van der Waals surface area contributed by atoms with Gasteiger partial charge in [-0.3, -0.25) is 0 Å². The Labute approximate surface area is 106 Å². The molecule has 0 aliphatic rings. The molecule has 1 rings (SSSR count). The quantitative estimate of drug-likeness (QED) is 0.698. The fourth-order valence-corrected chi connectivity index (χ4v) is 1.74. The van der Waals surface area contributed by atoms with Gasteiger partial charge in [-0.25, -0.2) is 0 Å². The summed E-state index contributed by atoms with van der Waals surface area (Å²) >= 11 is 0. The Balaban J connectivity index is 2.84. The van der Waals surface area contributed by atoms with Gasteiger partial charge >= 0.3 is 0 Å². The van der Waals surface area contributed by atoms with Gasteiger partial charge in [0.15, 0.2) is 0 Å². The van der Waals surface area contributed by atoms with Gasteiger partial charge in [-0.1, -0.05) is 46.4 Å². The molecule has 0 aromatic heterocycles. The molecule has 1 heteroatoms. The first kappa shape index (κ1) is 13.8. The summed E-state index contributed by atoms with van der Waals surface area (Å²) in [5.74, 6) is 2.18. The van der Waals surface area contributed by atoms with Gasteiger partial charge in [0.2, 0.25) is 0 Å². The summed E-state index contributed by atoms with van der Waals surface area (Å²) in [6, 6.07) is 6.39. The molecule has 1 nitrogen and oxygen atoms in total. The van der Waals surface area contributed by atoms with Crippen molar-refractivity contribution in [3.8, 4) is 5.75 Å². The molecule has 0 spiro atoms. The van der Waals surface area contributed by atoms with Crippen LogP contribution in [0.1, 0.15) is 38.8 Å². The molecule has 0 atom stereocenters. The summed E-state index contributed by atoms with van der Waals surface area (Å²) in [7, 11) is 0. The smallest absolute Gasteiger partial charge is 0.120 e. The topological polar surface area (TPSA) is 9.23 Å². The maximum Gasteiger partial charge on any atom is 0.120 e. The highest BCUT2D eigenvalue weighted by Crippen LogP contribution is 2.21. The normalized spacial score (nSPS) is 10.9. The van der Waals surface area contributed by atoms with E-state index in [9.17, 15) is 0 Å². The van der Waals surface area contributed by atoms with E-state index in [4.69, 9.17) is 4.74 Å². The second kappa shape index (κ2) is 6.48. The molecule has 0 aliphatic heterocycles. The standard InChI is InChI=1S/C16H24O/c1-6-14-8-15(7-12(2)3)10-16(9-14)17-11-13(4)5/h6,8-10,12-13H,1,7,11H2,2-5H3. The molecular formula is C16H24O. The number of benzene rings is 1. The molecule has 1 aromatic rings. The van der Waals surface area contributed by atoms with Crippen molar-refractivity contribution in [2.45, 2.75) is 34.1 Å². The second-order valence-electron chi connectivity index (χ2n) is 5.42. The van der Waals surface area contributed by atoms with E-state index in [0.717, 1.165) is 24.3 Å². The third kappa shape index (κ3) is 5.08. The summed E-state index contributed by atoms with van der Waals surface area (Å²) in [4.78, 5) is 0. The molecule has 0 heterocycles. The number of ether oxygens (including phenoxy) is 1. The van der Waals surface area contributed by atoms with Crippen LogP contribution in [0.4, 0.5) is 0 Å². The molecule has 0 fully saturated rings. The monoisotopic (exact) mass is 232 g/mol. The maximum absolute atomic E-state index is 5.78. The second-order valence-corrected chi connectivity index (χ2v) is 5.42. The molecule has 1 aromatic carbocycles. The van der Waals surface area contributed by atoms with E-state index >= 15 is 0 Å². The van der Waals surface area contributed by atoms with Crippen LogP contribution >= 0.6 is 0 Å². The molecule has 0 bridgehead atoms. The zero-order chi connectivity index (χ0) is 12.8. The predicted molar refractivity (Wildman–Crippen MR) is 75.4 cm³/mol. The van der Waals surface area contributed by atoms with Crippen LogP contribution in [0, 0.1) is 11.8 Å². The molecular weight excluding hydrogens is 208 g/mol. The van der Waals surface area contributed by atoms with Crippen molar-refractivity contribution in [1.82, 2.24) is 0 Å². The average Bonchev–Trinajstić information content (AvgIpc) is 2.25. The van der Waals surface area contributed by atoms with Crippen LogP contribution in [-0.4, -0.2) is 6.61 Å². The van der Waals surface area contributed by atoms with Crippen molar-refractivity contribution in [2.75, 3.05) is 6.61 Å². The highest BCUT2D eigenvalue weighted by atomic mass is 16.5. The van der Waals surface area contributed by atoms with E-state index in [-0.39, 0.29) is 0 Å². The minimum absolute atomic E-state index is 0.552. The summed E-state index contributed by atoms with van der Waals surface area (Å²) in [5.41, 5.74) is 2.47. The van der Waals surface area contributed by atoms with Crippen LogP contribution in [0.25, 0.3) is 6.08 Å². The largest absolute Gasteiger partial charge is 0.493 e. The highest BCUT2D eigenvalue weighted by Gasteiger charge is 2.04. The van der Waals surface area contributed by atoms with Crippen molar-refractivity contribution in [1.29, 1.82) is 0 Å². The van der Waals surface area contributed by atoms with Gasteiger partial charge in [0.1, 0.15) is 5.75 Å². The van der Waals surface area contributed by atoms with Crippen LogP contribution < -0.4 is 4.74 Å². The first-order valence-electron chi connectivity index (χ1n) is 6.40. The summed E-state index contributed by atoms with van der Waals surface area (Å²) < 4.78 is 5.78. The Morgan fingerprint density at radius 3 is 2.35 bits per heavy atom. The van der Waals surface area contributed by atoms with E-state index in [2.05, 4.69) is 52.5 Å². The third-order valence-corrected chi connectivity index (χ3v) is 2.45. The molecule has 0 radical (unpaired) electrons. The van der Waals surface area contributed by atoms with E-state index in [1.165, 1.54) is 5.56 Å². The van der Waals surface area contributed by atoms with Crippen molar-refractivity contribution in [3.05, 3.63) is 35.9 Å². The maximum atomic E-state index is 5.78. The van der Waals surface area contributed by atoms with Crippen LogP contribution in [0.5, 0.6) is 5.75 Å². The SMILES string of the molecule is C=Cc1cc(CC(C)C)cc(OCC(C)C)c1. The molecule has 0 saturated heterocycles. The van der Waals surface area contributed by atoms with E-state index in [1.54, 1.807) is 0 Å². The molecule has 0 aliphatic carbocycles. The van der Waals surface area contributed by atoms with Gasteiger partial charge in [-0.15, -0.1) is 0 Å². The zero-order valence-electron chi connectivity index (χ0n) is 11.5. The predicted octanol–water partition coefficient (Wildman–Crippen LogP) is 4.56. The zero-order valence-corrected chi connectivity index (χ0v) is 11.5. The first-order valence-corrected chi connectivity index (χ1v) is 6.40. The molecule has 0 unspecified atom stereocenters. The lowest BCUT2D eigenvalue weighted by atomic mass is 10.0. The van der Waals surface area contributed by atoms with Crippen LogP contribution in [0.2, 0.25) is 0 Å².